The maximum Gasteiger partial charge on any atom is 0.274 e. The summed E-state index contributed by atoms with van der Waals surface area (Å²) in [6.07, 6.45) is 7.33. The van der Waals surface area contributed by atoms with Crippen molar-refractivity contribution < 1.29 is 14.3 Å². The summed E-state index contributed by atoms with van der Waals surface area (Å²) in [5.74, 6) is 1.37. The van der Waals surface area contributed by atoms with E-state index < -0.39 is 6.10 Å². The number of carbonyl (C=O) groups excluding carboxylic acids is 1. The fraction of sp³-hybridized carbons (Fsp3) is 0.364. The number of rotatable bonds is 3. The number of aromatic nitrogens is 2. The third-order valence-corrected chi connectivity index (χ3v) is 6.07. The van der Waals surface area contributed by atoms with Gasteiger partial charge >= 0.3 is 0 Å². The van der Waals surface area contributed by atoms with E-state index in [4.69, 9.17) is 9.47 Å². The van der Waals surface area contributed by atoms with Gasteiger partial charge in [0.15, 0.2) is 11.9 Å². The Labute approximate surface area is 167 Å². The van der Waals surface area contributed by atoms with Gasteiger partial charge in [0.25, 0.3) is 11.5 Å². The van der Waals surface area contributed by atoms with Crippen LogP contribution in [0, 0.1) is 5.92 Å². The maximum absolute atomic E-state index is 12.7. The molecule has 0 unspecified atom stereocenters. The number of ether oxygens (including phenoxy) is 2. The third kappa shape index (κ3) is 2.80. The second-order valence-electron chi connectivity index (χ2n) is 7.85. The molecule has 1 fully saturated rings. The Balaban J connectivity index is 1.72. The summed E-state index contributed by atoms with van der Waals surface area (Å²) in [6, 6.07) is 5.56. The van der Waals surface area contributed by atoms with Crippen molar-refractivity contribution in [3.63, 3.8) is 0 Å². The number of aromatic amines is 1. The summed E-state index contributed by atoms with van der Waals surface area (Å²) in [6.45, 7) is 0. The van der Waals surface area contributed by atoms with Gasteiger partial charge in [-0.1, -0.05) is 12.8 Å². The van der Waals surface area contributed by atoms with Crippen LogP contribution >= 0.6 is 0 Å². The van der Waals surface area contributed by atoms with Gasteiger partial charge in [0.05, 0.1) is 12.8 Å². The fourth-order valence-electron chi connectivity index (χ4n) is 4.58. The zero-order chi connectivity index (χ0) is 20.1. The Morgan fingerprint density at radius 2 is 1.97 bits per heavy atom. The van der Waals surface area contributed by atoms with Crippen LogP contribution in [0.25, 0.3) is 22.0 Å². The van der Waals surface area contributed by atoms with Crippen LogP contribution in [0.5, 0.6) is 11.5 Å². The molecule has 1 aromatic carbocycles. The van der Waals surface area contributed by atoms with E-state index >= 15 is 0 Å². The number of fused-ring (bicyclic) bond motifs is 2. The minimum atomic E-state index is -0.494. The number of anilines is 1. The van der Waals surface area contributed by atoms with Crippen molar-refractivity contribution >= 4 is 22.5 Å². The Morgan fingerprint density at radius 1 is 1.17 bits per heavy atom. The van der Waals surface area contributed by atoms with Gasteiger partial charge in [0, 0.05) is 47.9 Å². The molecule has 2 aromatic heterocycles. The molecule has 1 aliphatic carbocycles. The first kappa shape index (κ1) is 17.8. The number of benzene rings is 1. The lowest BCUT2D eigenvalue weighted by molar-refractivity contribution is -0.125. The third-order valence-electron chi connectivity index (χ3n) is 6.07. The molecule has 0 spiro atoms. The number of pyridine rings is 1. The van der Waals surface area contributed by atoms with Crippen LogP contribution in [0.2, 0.25) is 0 Å². The summed E-state index contributed by atoms with van der Waals surface area (Å²) in [4.78, 5) is 28.2. The summed E-state index contributed by atoms with van der Waals surface area (Å²) in [5.41, 5.74) is 2.68. The normalized spacial score (nSPS) is 19.1. The average molecular weight is 393 g/mol. The van der Waals surface area contributed by atoms with Gasteiger partial charge in [-0.2, -0.15) is 0 Å². The van der Waals surface area contributed by atoms with Gasteiger partial charge in [0.2, 0.25) is 0 Å². The molecule has 0 bridgehead atoms. The molecule has 1 saturated carbocycles. The molecule has 1 atom stereocenters. The number of nitrogens with zero attached hydrogens (tertiary/aromatic N) is 1. The topological polar surface area (TPSA) is 85.3 Å². The number of aryl methyl sites for hydroxylation is 1. The summed E-state index contributed by atoms with van der Waals surface area (Å²) < 4.78 is 13.4. The van der Waals surface area contributed by atoms with E-state index in [1.54, 1.807) is 37.2 Å². The quantitative estimate of drug-likeness (QED) is 0.714. The number of carbonyl (C=O) groups is 1. The van der Waals surface area contributed by atoms with Crippen LogP contribution in [0.3, 0.4) is 0 Å². The standard InChI is InChI=1S/C22H23N3O4/c1-25-11-16(14-7-8-23-18(14)22(25)27)15-9-13(28-2)10-17-20(15)29-19(21(26)24-17)12-5-3-4-6-12/h7-12,19,23H,3-6H2,1-2H3,(H,24,26)/t19-/m0/s1. The SMILES string of the molecule is COc1cc2c(c(-c3cn(C)c(=O)c4[nH]ccc34)c1)O[C@@H](C1CCCC1)C(=O)N2. The van der Waals surface area contributed by atoms with Gasteiger partial charge in [-0.15, -0.1) is 0 Å². The van der Waals surface area contributed by atoms with Crippen LogP contribution < -0.4 is 20.3 Å². The molecule has 0 saturated heterocycles. The van der Waals surface area contributed by atoms with Crippen molar-refractivity contribution in [2.75, 3.05) is 12.4 Å². The van der Waals surface area contributed by atoms with Crippen molar-refractivity contribution in [3.8, 4) is 22.6 Å². The Bertz CT molecular complexity index is 1170. The zero-order valence-electron chi connectivity index (χ0n) is 16.5. The van der Waals surface area contributed by atoms with Crippen molar-refractivity contribution in [1.29, 1.82) is 0 Å². The van der Waals surface area contributed by atoms with Crippen LogP contribution in [-0.4, -0.2) is 28.7 Å². The highest BCUT2D eigenvalue weighted by molar-refractivity contribution is 6.03. The summed E-state index contributed by atoms with van der Waals surface area (Å²) >= 11 is 0. The average Bonchev–Trinajstić information content (AvgIpc) is 3.41. The summed E-state index contributed by atoms with van der Waals surface area (Å²) in [5, 5.41) is 3.83. The minimum absolute atomic E-state index is 0.0939. The van der Waals surface area contributed by atoms with E-state index in [9.17, 15) is 9.59 Å². The molecular formula is C22H23N3O4. The molecule has 7 heteroatoms. The number of methoxy groups -OCH3 is 1. The molecule has 2 N–H and O–H groups in total. The molecule has 7 nitrogen and oxygen atoms in total. The Morgan fingerprint density at radius 3 is 2.72 bits per heavy atom. The lowest BCUT2D eigenvalue weighted by Crippen LogP contribution is -2.41. The van der Waals surface area contributed by atoms with E-state index in [1.165, 1.54) is 0 Å². The Kier molecular flexibility index (Phi) is 4.12. The van der Waals surface area contributed by atoms with Crippen LogP contribution in [0.15, 0.2) is 35.4 Å². The molecule has 0 radical (unpaired) electrons. The van der Waals surface area contributed by atoms with E-state index in [0.29, 0.717) is 22.7 Å². The van der Waals surface area contributed by atoms with Gasteiger partial charge in [-0.05, 0) is 25.0 Å². The highest BCUT2D eigenvalue weighted by atomic mass is 16.5. The molecular weight excluding hydrogens is 370 g/mol. The van der Waals surface area contributed by atoms with Crippen LogP contribution in [0.1, 0.15) is 25.7 Å². The van der Waals surface area contributed by atoms with Gasteiger partial charge < -0.3 is 24.3 Å². The molecule has 1 aliphatic heterocycles. The zero-order valence-corrected chi connectivity index (χ0v) is 16.5. The number of H-pyrrole nitrogens is 1. The van der Waals surface area contributed by atoms with E-state index in [1.807, 2.05) is 12.1 Å². The van der Waals surface area contributed by atoms with Gasteiger partial charge in [0.1, 0.15) is 11.3 Å². The lowest BCUT2D eigenvalue weighted by Gasteiger charge is -2.31. The lowest BCUT2D eigenvalue weighted by atomic mass is 9.96. The van der Waals surface area contributed by atoms with Gasteiger partial charge in [-0.25, -0.2) is 0 Å². The summed E-state index contributed by atoms with van der Waals surface area (Å²) in [7, 11) is 3.31. The predicted octanol–water partition coefficient (Wildman–Crippen LogP) is 3.43. The molecule has 5 rings (SSSR count). The molecule has 2 aliphatic rings. The van der Waals surface area contributed by atoms with Crippen LogP contribution in [-0.2, 0) is 11.8 Å². The number of nitrogens with one attached hydrogen (secondary N) is 2. The number of hydrogen-bond acceptors (Lipinski definition) is 4. The van der Waals surface area contributed by atoms with Crippen molar-refractivity contribution in [2.45, 2.75) is 31.8 Å². The van der Waals surface area contributed by atoms with E-state index in [-0.39, 0.29) is 17.4 Å². The smallest absolute Gasteiger partial charge is 0.274 e. The Hall–Kier alpha value is -3.22. The second-order valence-corrected chi connectivity index (χ2v) is 7.85. The minimum Gasteiger partial charge on any atom is -0.497 e. The highest BCUT2D eigenvalue weighted by Gasteiger charge is 2.37. The van der Waals surface area contributed by atoms with Crippen molar-refractivity contribution in [2.24, 2.45) is 13.0 Å². The molecule has 1 amide bonds. The largest absolute Gasteiger partial charge is 0.497 e. The molecule has 150 valence electrons. The maximum atomic E-state index is 12.7. The van der Waals surface area contributed by atoms with Crippen molar-refractivity contribution in [1.82, 2.24) is 9.55 Å². The fourth-order valence-corrected chi connectivity index (χ4v) is 4.58. The second kappa shape index (κ2) is 6.69. The molecule has 29 heavy (non-hydrogen) atoms. The van der Waals surface area contributed by atoms with E-state index in [0.717, 1.165) is 42.2 Å². The first-order chi connectivity index (χ1) is 14.1. The molecule has 3 aromatic rings. The van der Waals surface area contributed by atoms with E-state index in [2.05, 4.69) is 10.3 Å². The van der Waals surface area contributed by atoms with Crippen molar-refractivity contribution in [3.05, 3.63) is 40.9 Å². The highest BCUT2D eigenvalue weighted by Crippen LogP contribution is 2.46. The number of amides is 1. The monoisotopic (exact) mass is 393 g/mol. The van der Waals surface area contributed by atoms with Gasteiger partial charge in [-0.3, -0.25) is 9.59 Å². The first-order valence-electron chi connectivity index (χ1n) is 9.93. The first-order valence-corrected chi connectivity index (χ1v) is 9.93. The molecule has 3 heterocycles. The number of hydrogen-bond donors (Lipinski definition) is 2. The predicted molar refractivity (Wildman–Crippen MR) is 111 cm³/mol. The van der Waals surface area contributed by atoms with Crippen LogP contribution in [0.4, 0.5) is 5.69 Å².